The molecule has 2 rings (SSSR count). The molecule has 19 heavy (non-hydrogen) atoms. The number of carbonyl (C=O) groups excluding carboxylic acids is 2. The smallest absolute Gasteiger partial charge is 0.414 e. The van der Waals surface area contributed by atoms with Crippen molar-refractivity contribution in [1.82, 2.24) is 0 Å². The number of ether oxygens (including phenoxy) is 1. The van der Waals surface area contributed by atoms with Gasteiger partial charge in [0.15, 0.2) is 0 Å². The van der Waals surface area contributed by atoms with Gasteiger partial charge < -0.3 is 4.74 Å². The van der Waals surface area contributed by atoms with Crippen LogP contribution in [0.2, 0.25) is 0 Å². The zero-order valence-electron chi connectivity index (χ0n) is 10.8. The maximum Gasteiger partial charge on any atom is 0.414 e. The number of halogens is 1. The zero-order valence-corrected chi connectivity index (χ0v) is 12.9. The van der Waals surface area contributed by atoms with Crippen molar-refractivity contribution < 1.29 is 14.3 Å². The topological polar surface area (TPSA) is 46.6 Å². The summed E-state index contributed by atoms with van der Waals surface area (Å²) in [6.07, 6.45) is 2.14. The van der Waals surface area contributed by atoms with Crippen LogP contribution in [0.5, 0.6) is 0 Å². The number of methoxy groups -OCH3 is 1. The van der Waals surface area contributed by atoms with Crippen molar-refractivity contribution in [1.29, 1.82) is 0 Å². The molecule has 0 aromatic heterocycles. The van der Waals surface area contributed by atoms with Gasteiger partial charge in [-0.1, -0.05) is 12.1 Å². The fraction of sp³-hybridized carbons (Fsp3) is 0.429. The average molecular weight is 373 g/mol. The highest BCUT2D eigenvalue weighted by atomic mass is 127. The second-order valence-corrected chi connectivity index (χ2v) is 5.72. The highest BCUT2D eigenvalue weighted by molar-refractivity contribution is 14.1. The molecule has 0 radical (unpaired) electrons. The lowest BCUT2D eigenvalue weighted by Crippen LogP contribution is -2.43. The predicted octanol–water partition coefficient (Wildman–Crippen LogP) is 3.38. The van der Waals surface area contributed by atoms with E-state index < -0.39 is 0 Å². The van der Waals surface area contributed by atoms with Crippen LogP contribution in [0.1, 0.15) is 25.7 Å². The first kappa shape index (κ1) is 14.3. The number of ketones is 1. The number of rotatable bonds is 2. The Morgan fingerprint density at radius 2 is 1.95 bits per heavy atom. The molecule has 5 heteroatoms. The van der Waals surface area contributed by atoms with Crippen LogP contribution in [0, 0.1) is 3.57 Å². The van der Waals surface area contributed by atoms with Gasteiger partial charge in [-0.25, -0.2) is 4.79 Å². The summed E-state index contributed by atoms with van der Waals surface area (Å²) in [7, 11) is 1.39. The van der Waals surface area contributed by atoms with Crippen LogP contribution in [0.3, 0.4) is 0 Å². The quantitative estimate of drug-likeness (QED) is 0.747. The van der Waals surface area contributed by atoms with Gasteiger partial charge in [0.1, 0.15) is 5.78 Å². The molecule has 0 saturated heterocycles. The van der Waals surface area contributed by atoms with Gasteiger partial charge in [-0.05, 0) is 47.6 Å². The van der Waals surface area contributed by atoms with Gasteiger partial charge in [0, 0.05) is 22.5 Å². The SMILES string of the molecule is COC(=O)N(c1ccccc1I)C1CCC(=O)CC1. The normalized spacial score (nSPS) is 16.2. The van der Waals surface area contributed by atoms with Crippen LogP contribution in [-0.4, -0.2) is 25.0 Å². The maximum atomic E-state index is 12.1. The Labute approximate surface area is 126 Å². The van der Waals surface area contributed by atoms with Gasteiger partial charge in [0.05, 0.1) is 12.8 Å². The van der Waals surface area contributed by atoms with Crippen LogP contribution < -0.4 is 4.90 Å². The first-order valence-corrected chi connectivity index (χ1v) is 7.34. The lowest BCUT2D eigenvalue weighted by Gasteiger charge is -2.33. The Morgan fingerprint density at radius 1 is 1.32 bits per heavy atom. The Kier molecular flexibility index (Phi) is 4.79. The summed E-state index contributed by atoms with van der Waals surface area (Å²) in [5, 5.41) is 0. The number of benzene rings is 1. The van der Waals surface area contributed by atoms with E-state index in [2.05, 4.69) is 22.6 Å². The van der Waals surface area contributed by atoms with Crippen molar-refractivity contribution in [3.05, 3.63) is 27.8 Å². The van der Waals surface area contributed by atoms with Crippen LogP contribution in [-0.2, 0) is 9.53 Å². The van der Waals surface area contributed by atoms with Gasteiger partial charge in [-0.2, -0.15) is 0 Å². The number of nitrogens with zero attached hydrogens (tertiary/aromatic N) is 1. The van der Waals surface area contributed by atoms with Gasteiger partial charge in [0.2, 0.25) is 0 Å². The van der Waals surface area contributed by atoms with E-state index in [9.17, 15) is 9.59 Å². The maximum absolute atomic E-state index is 12.1. The second kappa shape index (κ2) is 6.36. The number of hydrogen-bond donors (Lipinski definition) is 0. The fourth-order valence-electron chi connectivity index (χ4n) is 2.37. The third-order valence-electron chi connectivity index (χ3n) is 3.36. The molecule has 102 valence electrons. The highest BCUT2D eigenvalue weighted by Crippen LogP contribution is 2.30. The van der Waals surface area contributed by atoms with Crippen molar-refractivity contribution in [2.75, 3.05) is 12.0 Å². The first-order valence-electron chi connectivity index (χ1n) is 6.27. The molecule has 1 aromatic carbocycles. The fourth-order valence-corrected chi connectivity index (χ4v) is 3.02. The summed E-state index contributed by atoms with van der Waals surface area (Å²) in [4.78, 5) is 25.1. The first-order chi connectivity index (χ1) is 9.13. The van der Waals surface area contributed by atoms with Crippen LogP contribution in [0.25, 0.3) is 0 Å². The molecule has 0 bridgehead atoms. The lowest BCUT2D eigenvalue weighted by molar-refractivity contribution is -0.120. The molecule has 1 aliphatic rings. The Hall–Kier alpha value is -1.11. The molecule has 0 aliphatic heterocycles. The Morgan fingerprint density at radius 3 is 2.53 bits per heavy atom. The number of amides is 1. The van der Waals surface area contributed by atoms with E-state index >= 15 is 0 Å². The predicted molar refractivity (Wildman–Crippen MR) is 81.3 cm³/mol. The zero-order chi connectivity index (χ0) is 13.8. The molecular formula is C14H16INO3. The molecule has 1 aromatic rings. The Balaban J connectivity index is 2.29. The lowest BCUT2D eigenvalue weighted by atomic mass is 9.93. The van der Waals surface area contributed by atoms with Gasteiger partial charge in [-0.3, -0.25) is 9.69 Å². The monoisotopic (exact) mass is 373 g/mol. The third-order valence-corrected chi connectivity index (χ3v) is 4.27. The van der Waals surface area contributed by atoms with E-state index in [0.717, 1.165) is 9.26 Å². The summed E-state index contributed by atoms with van der Waals surface area (Å²) >= 11 is 2.21. The van der Waals surface area contributed by atoms with E-state index in [0.29, 0.717) is 25.7 Å². The number of hydrogen-bond acceptors (Lipinski definition) is 3. The standard InChI is InChI=1S/C14H16INO3/c1-19-14(18)16(10-6-8-11(17)9-7-10)13-5-3-2-4-12(13)15/h2-5,10H,6-9H2,1H3. The Bertz CT molecular complexity index is 479. The molecular weight excluding hydrogens is 357 g/mol. The van der Waals surface area contributed by atoms with E-state index in [-0.39, 0.29) is 17.9 Å². The molecule has 0 atom stereocenters. The number of Topliss-reactive ketones (excluding diaryl/α,β-unsaturated/α-hetero) is 1. The molecule has 0 heterocycles. The van der Waals surface area contributed by atoms with E-state index in [1.54, 1.807) is 4.90 Å². The number of carbonyl (C=O) groups is 2. The van der Waals surface area contributed by atoms with Gasteiger partial charge in [-0.15, -0.1) is 0 Å². The van der Waals surface area contributed by atoms with Gasteiger partial charge >= 0.3 is 6.09 Å². The molecule has 4 nitrogen and oxygen atoms in total. The van der Waals surface area contributed by atoms with Crippen LogP contribution in [0.4, 0.5) is 10.5 Å². The molecule has 1 aliphatic carbocycles. The summed E-state index contributed by atoms with van der Waals surface area (Å²) in [5.74, 6) is 0.281. The van der Waals surface area contributed by atoms with Crippen LogP contribution in [0.15, 0.2) is 24.3 Å². The summed E-state index contributed by atoms with van der Waals surface area (Å²) < 4.78 is 5.90. The summed E-state index contributed by atoms with van der Waals surface area (Å²) in [6, 6.07) is 7.75. The van der Waals surface area contributed by atoms with Crippen molar-refractivity contribution in [2.24, 2.45) is 0 Å². The molecule has 1 saturated carbocycles. The third kappa shape index (κ3) is 3.26. The van der Waals surface area contributed by atoms with Crippen molar-refractivity contribution >= 4 is 40.2 Å². The molecule has 1 fully saturated rings. The number of anilines is 1. The number of para-hydroxylation sites is 1. The van der Waals surface area contributed by atoms with Crippen molar-refractivity contribution in [3.63, 3.8) is 0 Å². The molecule has 0 N–H and O–H groups in total. The summed E-state index contributed by atoms with van der Waals surface area (Å²) in [5.41, 5.74) is 0.856. The van der Waals surface area contributed by atoms with E-state index in [1.807, 2.05) is 24.3 Å². The second-order valence-electron chi connectivity index (χ2n) is 4.56. The van der Waals surface area contributed by atoms with Gasteiger partial charge in [0.25, 0.3) is 0 Å². The summed E-state index contributed by atoms with van der Waals surface area (Å²) in [6.45, 7) is 0. The highest BCUT2D eigenvalue weighted by Gasteiger charge is 2.30. The van der Waals surface area contributed by atoms with E-state index in [4.69, 9.17) is 4.74 Å². The average Bonchev–Trinajstić information content (AvgIpc) is 2.43. The van der Waals surface area contributed by atoms with Crippen LogP contribution >= 0.6 is 22.6 Å². The largest absolute Gasteiger partial charge is 0.452 e. The molecule has 0 unspecified atom stereocenters. The minimum atomic E-state index is -0.358. The minimum Gasteiger partial charge on any atom is -0.452 e. The van der Waals surface area contributed by atoms with Crippen molar-refractivity contribution in [2.45, 2.75) is 31.7 Å². The van der Waals surface area contributed by atoms with Crippen molar-refractivity contribution in [3.8, 4) is 0 Å². The molecule has 1 amide bonds. The minimum absolute atomic E-state index is 0.0427. The molecule has 0 spiro atoms. The van der Waals surface area contributed by atoms with E-state index in [1.165, 1.54) is 7.11 Å².